The van der Waals surface area contributed by atoms with E-state index in [1.165, 1.54) is 56.9 Å². The molecular weight excluding hydrogens is 296 g/mol. The summed E-state index contributed by atoms with van der Waals surface area (Å²) in [7, 11) is 0. The van der Waals surface area contributed by atoms with Gasteiger partial charge in [-0.1, -0.05) is 50.5 Å². The van der Waals surface area contributed by atoms with E-state index in [1.807, 2.05) is 6.07 Å². The smallest absolute Gasteiger partial charge is 0.123 e. The lowest BCUT2D eigenvalue weighted by atomic mass is 10.1. The molecule has 0 amide bonds. The number of unbranched alkanes of at least 4 members (excludes halogenated alkanes) is 6. The van der Waals surface area contributed by atoms with Crippen molar-refractivity contribution in [3.63, 3.8) is 0 Å². The summed E-state index contributed by atoms with van der Waals surface area (Å²) in [6.45, 7) is 5.83. The van der Waals surface area contributed by atoms with Crippen molar-refractivity contribution in [2.45, 2.75) is 77.2 Å². The zero-order valence-corrected chi connectivity index (χ0v) is 15.6. The molecule has 1 aliphatic rings. The van der Waals surface area contributed by atoms with Gasteiger partial charge in [0.25, 0.3) is 0 Å². The van der Waals surface area contributed by atoms with Gasteiger partial charge in [0, 0.05) is 0 Å². The number of allylic oxidation sites excluding steroid dienone is 2. The van der Waals surface area contributed by atoms with Crippen LogP contribution in [0.1, 0.15) is 70.8 Å². The van der Waals surface area contributed by atoms with Crippen molar-refractivity contribution in [3.05, 3.63) is 42.0 Å². The summed E-state index contributed by atoms with van der Waals surface area (Å²) in [5.41, 5.74) is 1.33. The van der Waals surface area contributed by atoms with E-state index in [0.29, 0.717) is 6.61 Å². The van der Waals surface area contributed by atoms with Crippen molar-refractivity contribution in [2.75, 3.05) is 13.2 Å². The van der Waals surface area contributed by atoms with Crippen molar-refractivity contribution in [3.8, 4) is 5.75 Å². The average molecular weight is 331 g/mol. The molecule has 0 aromatic heterocycles. The van der Waals surface area contributed by atoms with Crippen LogP contribution >= 0.6 is 0 Å². The molecule has 2 heteroatoms. The van der Waals surface area contributed by atoms with E-state index in [4.69, 9.17) is 9.47 Å². The Hall–Kier alpha value is -1.28. The van der Waals surface area contributed by atoms with Gasteiger partial charge in [-0.25, -0.2) is 0 Å². The van der Waals surface area contributed by atoms with Crippen LogP contribution in [0.2, 0.25) is 0 Å². The van der Waals surface area contributed by atoms with Gasteiger partial charge in [-0.15, -0.1) is 0 Å². The number of benzene rings is 1. The Kier molecular flexibility index (Phi) is 8.38. The highest BCUT2D eigenvalue weighted by Gasteiger charge is 2.40. The van der Waals surface area contributed by atoms with E-state index < -0.39 is 0 Å². The van der Waals surface area contributed by atoms with E-state index in [2.05, 4.69) is 44.2 Å². The molecule has 1 unspecified atom stereocenters. The highest BCUT2D eigenvalue weighted by Crippen LogP contribution is 2.27. The quantitative estimate of drug-likeness (QED) is 0.248. The van der Waals surface area contributed by atoms with Gasteiger partial charge in [-0.2, -0.15) is 0 Å². The summed E-state index contributed by atoms with van der Waals surface area (Å²) in [5.74, 6) is 0.969. The summed E-state index contributed by atoms with van der Waals surface area (Å²) in [4.78, 5) is 0. The van der Waals surface area contributed by atoms with Crippen molar-refractivity contribution in [1.29, 1.82) is 0 Å². The Balaban J connectivity index is 1.54. The van der Waals surface area contributed by atoms with Crippen LogP contribution in [0.15, 0.2) is 36.4 Å². The molecular formula is C22H34O2. The molecule has 1 saturated heterocycles. The van der Waals surface area contributed by atoms with E-state index in [-0.39, 0.29) is 5.60 Å². The largest absolute Gasteiger partial charge is 0.490 e. The molecule has 0 N–H and O–H groups in total. The van der Waals surface area contributed by atoms with Crippen LogP contribution in [0.4, 0.5) is 0 Å². The van der Waals surface area contributed by atoms with Crippen LogP contribution in [-0.2, 0) is 11.2 Å². The molecule has 2 rings (SSSR count). The number of hydrogen-bond donors (Lipinski definition) is 0. The maximum Gasteiger partial charge on any atom is 0.123 e. The zero-order valence-electron chi connectivity index (χ0n) is 15.6. The molecule has 1 aromatic rings. The molecule has 1 heterocycles. The van der Waals surface area contributed by atoms with Crippen molar-refractivity contribution in [2.24, 2.45) is 0 Å². The Morgan fingerprint density at radius 2 is 1.83 bits per heavy atom. The van der Waals surface area contributed by atoms with Crippen LogP contribution in [0.5, 0.6) is 5.75 Å². The molecule has 0 aliphatic carbocycles. The van der Waals surface area contributed by atoms with Crippen LogP contribution in [-0.4, -0.2) is 18.8 Å². The molecule has 0 spiro atoms. The summed E-state index contributed by atoms with van der Waals surface area (Å²) >= 11 is 0. The van der Waals surface area contributed by atoms with Crippen LogP contribution in [0.3, 0.4) is 0 Å². The highest BCUT2D eigenvalue weighted by atomic mass is 16.6. The molecule has 1 aromatic carbocycles. The number of aryl methyl sites for hydroxylation is 1. The van der Waals surface area contributed by atoms with Gasteiger partial charge >= 0.3 is 0 Å². The van der Waals surface area contributed by atoms with E-state index in [1.54, 1.807) is 0 Å². The third-order valence-corrected chi connectivity index (χ3v) is 4.56. The average Bonchev–Trinajstić information content (AvgIpc) is 3.33. The molecule has 134 valence electrons. The van der Waals surface area contributed by atoms with Gasteiger partial charge in [0.15, 0.2) is 0 Å². The van der Waals surface area contributed by atoms with Crippen LogP contribution in [0, 0.1) is 0 Å². The van der Waals surface area contributed by atoms with Crippen LogP contribution in [0.25, 0.3) is 0 Å². The molecule has 24 heavy (non-hydrogen) atoms. The van der Waals surface area contributed by atoms with Crippen LogP contribution < -0.4 is 4.74 Å². The number of ether oxygens (including phenoxy) is 2. The number of epoxide rings is 1. The second kappa shape index (κ2) is 10.6. The van der Waals surface area contributed by atoms with Gasteiger partial charge in [-0.05, 0) is 63.1 Å². The summed E-state index contributed by atoms with van der Waals surface area (Å²) in [5, 5.41) is 0. The minimum Gasteiger partial charge on any atom is -0.490 e. The minimum atomic E-state index is -0.0428. The molecule has 2 nitrogen and oxygen atoms in total. The monoisotopic (exact) mass is 330 g/mol. The van der Waals surface area contributed by atoms with E-state index >= 15 is 0 Å². The lowest BCUT2D eigenvalue weighted by molar-refractivity contribution is 0.202. The molecule has 1 fully saturated rings. The first-order valence-electron chi connectivity index (χ1n) is 9.72. The molecule has 0 radical (unpaired) electrons. The fourth-order valence-electron chi connectivity index (χ4n) is 2.75. The molecule has 0 bridgehead atoms. The third kappa shape index (κ3) is 8.01. The van der Waals surface area contributed by atoms with E-state index in [0.717, 1.165) is 18.8 Å². The van der Waals surface area contributed by atoms with Gasteiger partial charge in [0.1, 0.15) is 18.0 Å². The van der Waals surface area contributed by atoms with Crippen molar-refractivity contribution in [1.82, 2.24) is 0 Å². The zero-order chi connectivity index (χ0) is 17.1. The SMILES string of the molecule is CCCCCC/C=C/CCCCc1cccc(OCC2(C)CO2)c1. The maximum absolute atomic E-state index is 5.84. The molecule has 1 aliphatic heterocycles. The Labute approximate surface area is 148 Å². The van der Waals surface area contributed by atoms with Gasteiger partial charge < -0.3 is 9.47 Å². The maximum atomic E-state index is 5.84. The lowest BCUT2D eigenvalue weighted by Crippen LogP contribution is -2.16. The first-order valence-corrected chi connectivity index (χ1v) is 9.72. The predicted octanol–water partition coefficient (Wildman–Crippen LogP) is 6.09. The second-order valence-corrected chi connectivity index (χ2v) is 7.24. The molecule has 1 atom stereocenters. The number of hydrogen-bond acceptors (Lipinski definition) is 2. The Morgan fingerprint density at radius 3 is 2.54 bits per heavy atom. The third-order valence-electron chi connectivity index (χ3n) is 4.56. The normalized spacial score (nSPS) is 19.8. The molecule has 0 saturated carbocycles. The first kappa shape index (κ1) is 19.1. The first-order chi connectivity index (χ1) is 11.7. The predicted molar refractivity (Wildman–Crippen MR) is 102 cm³/mol. The fourth-order valence-corrected chi connectivity index (χ4v) is 2.75. The highest BCUT2D eigenvalue weighted by molar-refractivity contribution is 5.28. The summed E-state index contributed by atoms with van der Waals surface area (Å²) in [6, 6.07) is 8.51. The number of rotatable bonds is 13. The fraction of sp³-hybridized carbons (Fsp3) is 0.636. The van der Waals surface area contributed by atoms with Gasteiger partial charge in [0.05, 0.1) is 6.61 Å². The second-order valence-electron chi connectivity index (χ2n) is 7.24. The summed E-state index contributed by atoms with van der Waals surface area (Å²) in [6.07, 6.45) is 16.3. The Morgan fingerprint density at radius 1 is 1.08 bits per heavy atom. The van der Waals surface area contributed by atoms with Gasteiger partial charge in [-0.3, -0.25) is 0 Å². The van der Waals surface area contributed by atoms with E-state index in [9.17, 15) is 0 Å². The summed E-state index contributed by atoms with van der Waals surface area (Å²) < 4.78 is 11.2. The lowest BCUT2D eigenvalue weighted by Gasteiger charge is -2.10. The minimum absolute atomic E-state index is 0.0428. The standard InChI is InChI=1S/C22H34O2/c1-3-4-5-6-7-8-9-10-11-12-14-20-15-13-16-21(17-20)23-18-22(2)19-24-22/h8-9,13,15-17H,3-7,10-12,14,18-19H2,1-2H3/b9-8+. The Bertz CT molecular complexity index is 488. The topological polar surface area (TPSA) is 21.8 Å². The van der Waals surface area contributed by atoms with Crippen molar-refractivity contribution < 1.29 is 9.47 Å². The van der Waals surface area contributed by atoms with Crippen molar-refractivity contribution >= 4 is 0 Å². The van der Waals surface area contributed by atoms with Gasteiger partial charge in [0.2, 0.25) is 0 Å².